The van der Waals surface area contributed by atoms with Gasteiger partial charge in [-0.2, -0.15) is 4.31 Å². The molecule has 1 amide bonds. The monoisotopic (exact) mass is 355 g/mol. The lowest BCUT2D eigenvalue weighted by Gasteiger charge is -2.26. The van der Waals surface area contributed by atoms with Crippen LogP contribution < -0.4 is 16.0 Å². The number of nitrogens with zero attached hydrogens (tertiary/aromatic N) is 2. The average molecular weight is 355 g/mol. The average Bonchev–Trinajstić information content (AvgIpc) is 2.35. The molecular weight excluding hydrogens is 344 g/mol. The van der Waals surface area contributed by atoms with Gasteiger partial charge in [-0.1, -0.05) is 0 Å². The van der Waals surface area contributed by atoms with E-state index in [1.807, 2.05) is 0 Å². The highest BCUT2D eigenvalue weighted by Gasteiger charge is 2.33. The van der Waals surface area contributed by atoms with Gasteiger partial charge in [0.25, 0.3) is 5.91 Å². The van der Waals surface area contributed by atoms with Crippen molar-refractivity contribution in [1.82, 2.24) is 20.6 Å². The molecule has 1 aromatic rings. The van der Waals surface area contributed by atoms with Crippen LogP contribution in [0.25, 0.3) is 0 Å². The molecule has 6 N–H and O–H groups in total. The Morgan fingerprint density at radius 1 is 1.23 bits per heavy atom. The first-order valence-electron chi connectivity index (χ1n) is 5.52. The lowest BCUT2D eigenvalue weighted by Crippen LogP contribution is -2.54. The maximum absolute atomic E-state index is 11.7. The van der Waals surface area contributed by atoms with E-state index in [1.165, 1.54) is 12.4 Å². The topological polar surface area (TPSA) is 192 Å². The van der Waals surface area contributed by atoms with Crippen LogP contribution in [0.4, 0.5) is 5.82 Å². The minimum atomic E-state index is -5.18. The highest BCUT2D eigenvalue weighted by atomic mass is 31.3. The molecule has 0 bridgehead atoms. The Kier molecular flexibility index (Phi) is 4.90. The van der Waals surface area contributed by atoms with Gasteiger partial charge in [0.1, 0.15) is 6.73 Å². The van der Waals surface area contributed by atoms with Crippen LogP contribution in [0.2, 0.25) is 0 Å². The van der Waals surface area contributed by atoms with Gasteiger partial charge in [0.05, 0.1) is 0 Å². The summed E-state index contributed by atoms with van der Waals surface area (Å²) in [6.45, 7) is -0.665. The minimum absolute atomic E-state index is 0.0686. The van der Waals surface area contributed by atoms with Gasteiger partial charge < -0.3 is 25.3 Å². The van der Waals surface area contributed by atoms with Crippen molar-refractivity contribution in [1.29, 1.82) is 0 Å². The summed E-state index contributed by atoms with van der Waals surface area (Å²) in [7, 11) is -10.1. The molecule has 122 valence electrons. The van der Waals surface area contributed by atoms with Crippen LogP contribution in [-0.4, -0.2) is 43.6 Å². The van der Waals surface area contributed by atoms with Crippen molar-refractivity contribution in [3.63, 3.8) is 0 Å². The summed E-state index contributed by atoms with van der Waals surface area (Å²) in [6, 6.07) is 0. The maximum atomic E-state index is 11.7. The molecule has 0 aromatic carbocycles. The predicted octanol–water partition coefficient (Wildman–Crippen LogP) is -1.31. The van der Waals surface area contributed by atoms with Crippen LogP contribution in [0.1, 0.15) is 10.5 Å². The smallest absolute Gasteiger partial charge is 0.336 e. The van der Waals surface area contributed by atoms with Crippen molar-refractivity contribution in [2.45, 2.75) is 6.29 Å². The van der Waals surface area contributed by atoms with E-state index in [4.69, 9.17) is 14.7 Å². The Bertz CT molecular complexity index is 664. The number of aromatic nitrogens is 2. The predicted molar refractivity (Wildman–Crippen MR) is 69.0 cm³/mol. The lowest BCUT2D eigenvalue weighted by molar-refractivity contribution is 0.0912. The zero-order valence-electron chi connectivity index (χ0n) is 10.6. The van der Waals surface area contributed by atoms with Crippen LogP contribution in [0.3, 0.4) is 0 Å². The second kappa shape index (κ2) is 6.36. The zero-order chi connectivity index (χ0) is 16.4. The number of amides is 1. The Labute approximate surface area is 122 Å². The molecule has 0 spiro atoms. The van der Waals surface area contributed by atoms with Crippen LogP contribution in [-0.2, 0) is 18.0 Å². The van der Waals surface area contributed by atoms with E-state index in [0.717, 1.165) is 0 Å². The van der Waals surface area contributed by atoms with Crippen molar-refractivity contribution in [3.8, 4) is 0 Å². The van der Waals surface area contributed by atoms with Crippen LogP contribution in [0.15, 0.2) is 12.4 Å². The highest BCUT2D eigenvalue weighted by molar-refractivity contribution is 7.60. The minimum Gasteiger partial charge on any atom is -0.336 e. The second-order valence-corrected chi connectivity index (χ2v) is 6.65. The Balaban J connectivity index is 1.88. The third-order valence-corrected chi connectivity index (χ3v) is 4.33. The maximum Gasteiger partial charge on any atom is 0.482 e. The molecule has 22 heavy (non-hydrogen) atoms. The van der Waals surface area contributed by atoms with E-state index in [9.17, 15) is 13.9 Å². The summed E-state index contributed by atoms with van der Waals surface area (Å²) < 4.78 is 29.5. The van der Waals surface area contributed by atoms with Crippen molar-refractivity contribution in [3.05, 3.63) is 18.1 Å². The molecule has 0 saturated carbocycles. The van der Waals surface area contributed by atoms with E-state index in [1.54, 1.807) is 0 Å². The summed E-state index contributed by atoms with van der Waals surface area (Å²) in [5, 5.41) is 7.53. The van der Waals surface area contributed by atoms with Gasteiger partial charge in [-0.05, 0) is 0 Å². The number of carbonyl (C=O) groups excluding carboxylic acids is 1. The SMILES string of the molecule is O=C1NC(NCOP(=O)(O)OP(=O)(O)O)Nc2nccnc21. The molecular formula is C7H11N5O8P2. The largest absolute Gasteiger partial charge is 0.482 e. The number of phosphoric ester groups is 1. The Morgan fingerprint density at radius 2 is 1.91 bits per heavy atom. The molecule has 2 heterocycles. The number of anilines is 1. The Morgan fingerprint density at radius 3 is 2.59 bits per heavy atom. The molecule has 2 atom stereocenters. The number of carbonyl (C=O) groups is 1. The van der Waals surface area contributed by atoms with Crippen LogP contribution in [0.5, 0.6) is 0 Å². The van der Waals surface area contributed by atoms with Gasteiger partial charge in [0.2, 0.25) is 0 Å². The van der Waals surface area contributed by atoms with Crippen molar-refractivity contribution in [2.75, 3.05) is 12.0 Å². The first kappa shape index (κ1) is 16.9. The van der Waals surface area contributed by atoms with Gasteiger partial charge in [-0.3, -0.25) is 14.6 Å². The summed E-state index contributed by atoms with van der Waals surface area (Å²) >= 11 is 0. The van der Waals surface area contributed by atoms with E-state index in [0.29, 0.717) is 0 Å². The third-order valence-electron chi connectivity index (χ3n) is 2.19. The number of nitrogens with one attached hydrogen (secondary N) is 3. The normalized spacial score (nSPS) is 20.5. The number of hydrogen-bond acceptors (Lipinski definition) is 9. The van der Waals surface area contributed by atoms with Crippen molar-refractivity contribution in [2.24, 2.45) is 0 Å². The van der Waals surface area contributed by atoms with E-state index < -0.39 is 34.6 Å². The van der Waals surface area contributed by atoms with Crippen LogP contribution >= 0.6 is 15.6 Å². The zero-order valence-corrected chi connectivity index (χ0v) is 12.4. The van der Waals surface area contributed by atoms with Crippen molar-refractivity contribution < 1.29 is 37.4 Å². The highest BCUT2D eigenvalue weighted by Crippen LogP contribution is 2.57. The molecule has 15 heteroatoms. The number of hydrogen-bond donors (Lipinski definition) is 6. The molecule has 1 aliphatic rings. The second-order valence-electron chi connectivity index (χ2n) is 3.82. The van der Waals surface area contributed by atoms with Gasteiger partial charge in [-0.15, -0.1) is 0 Å². The fourth-order valence-electron chi connectivity index (χ4n) is 1.44. The molecule has 2 rings (SSSR count). The number of rotatable bonds is 6. The van der Waals surface area contributed by atoms with E-state index in [-0.39, 0.29) is 11.5 Å². The fourth-order valence-corrected chi connectivity index (χ4v) is 2.95. The quantitative estimate of drug-likeness (QED) is 0.261. The number of fused-ring (bicyclic) bond motifs is 1. The summed E-state index contributed by atoms with van der Waals surface area (Å²) in [5.74, 6) is -0.361. The molecule has 1 aromatic heterocycles. The fraction of sp³-hybridized carbons (Fsp3) is 0.286. The van der Waals surface area contributed by atoms with Gasteiger partial charge in [-0.25, -0.2) is 19.1 Å². The lowest BCUT2D eigenvalue weighted by atomic mass is 10.3. The first-order chi connectivity index (χ1) is 10.2. The molecule has 0 fully saturated rings. The number of phosphoric acid groups is 2. The molecule has 0 aliphatic carbocycles. The summed E-state index contributed by atoms with van der Waals surface area (Å²) in [4.78, 5) is 45.2. The van der Waals surface area contributed by atoms with Gasteiger partial charge in [0.15, 0.2) is 17.8 Å². The van der Waals surface area contributed by atoms with Gasteiger partial charge >= 0.3 is 15.6 Å². The third kappa shape index (κ3) is 4.80. The van der Waals surface area contributed by atoms with Gasteiger partial charge in [0, 0.05) is 12.4 Å². The molecule has 0 radical (unpaired) electrons. The summed E-state index contributed by atoms with van der Waals surface area (Å²) in [5.41, 5.74) is 0.0686. The van der Waals surface area contributed by atoms with E-state index >= 15 is 0 Å². The molecule has 2 unspecified atom stereocenters. The Hall–Kier alpha value is -1.43. The summed E-state index contributed by atoms with van der Waals surface area (Å²) in [6.07, 6.45) is 1.78. The molecule has 1 aliphatic heterocycles. The molecule has 13 nitrogen and oxygen atoms in total. The van der Waals surface area contributed by atoms with Crippen LogP contribution in [0, 0.1) is 0 Å². The van der Waals surface area contributed by atoms with E-state index in [2.05, 4.69) is 34.8 Å². The molecule has 0 saturated heterocycles. The van der Waals surface area contributed by atoms with Crippen molar-refractivity contribution >= 4 is 27.4 Å². The standard InChI is InChI=1S/C7H11N5O8P2/c13-6-4-5(9-2-1-8-4)11-7(12-6)10-3-19-22(17,18)20-21(14,15)16/h1-2,7,10H,3H2,(H,9,11)(H,12,13)(H,17,18)(H2,14,15,16). The first-order valence-corrected chi connectivity index (χ1v) is 8.55.